The zero-order valence-corrected chi connectivity index (χ0v) is 19.6. The lowest BCUT2D eigenvalue weighted by Crippen LogP contribution is -2.26. The molecule has 0 spiro atoms. The highest BCUT2D eigenvalue weighted by molar-refractivity contribution is 7.92. The van der Waals surface area contributed by atoms with E-state index in [4.69, 9.17) is 10.5 Å². The van der Waals surface area contributed by atoms with E-state index in [0.29, 0.717) is 31.7 Å². The second kappa shape index (κ2) is 9.38. The minimum absolute atomic E-state index is 0.0250. The van der Waals surface area contributed by atoms with Crippen LogP contribution in [0.25, 0.3) is 11.0 Å². The molecule has 4 rings (SSSR count). The van der Waals surface area contributed by atoms with Crippen molar-refractivity contribution in [2.24, 2.45) is 11.7 Å². The highest BCUT2D eigenvalue weighted by Crippen LogP contribution is 2.35. The first kappa shape index (κ1) is 24.8. The molecule has 0 saturated carbocycles. The minimum atomic E-state index is -4.66. The van der Waals surface area contributed by atoms with Crippen molar-refractivity contribution in [3.05, 3.63) is 48.3 Å². The summed E-state index contributed by atoms with van der Waals surface area (Å²) >= 11 is 0. The van der Waals surface area contributed by atoms with Gasteiger partial charge in [0.05, 0.1) is 21.6 Å². The Labute approximate surface area is 199 Å². The van der Waals surface area contributed by atoms with Crippen LogP contribution in [0.3, 0.4) is 0 Å². The van der Waals surface area contributed by atoms with Crippen LogP contribution in [0.2, 0.25) is 0 Å². The first-order valence-corrected chi connectivity index (χ1v) is 12.2. The number of carbonyl (C=O) groups excluding carboxylic acids is 1. The number of rotatable bonds is 6. The fraction of sp³-hybridized carbons (Fsp3) is 0.364. The Morgan fingerprint density at radius 1 is 1.20 bits per heavy atom. The van der Waals surface area contributed by atoms with E-state index in [1.165, 1.54) is 49.5 Å². The van der Waals surface area contributed by atoms with Crippen molar-refractivity contribution in [3.8, 4) is 0 Å². The second-order valence-corrected chi connectivity index (χ2v) is 10.2. The predicted molar refractivity (Wildman–Crippen MR) is 124 cm³/mol. The number of ether oxygens (including phenoxy) is 1. The van der Waals surface area contributed by atoms with Crippen LogP contribution in [0.5, 0.6) is 0 Å². The van der Waals surface area contributed by atoms with Crippen LogP contribution in [-0.4, -0.2) is 44.3 Å². The van der Waals surface area contributed by atoms with E-state index in [2.05, 4.69) is 10.3 Å². The van der Waals surface area contributed by atoms with Gasteiger partial charge in [-0.25, -0.2) is 18.2 Å². The van der Waals surface area contributed by atoms with Crippen molar-refractivity contribution in [2.75, 3.05) is 29.9 Å². The van der Waals surface area contributed by atoms with E-state index in [1.807, 2.05) is 0 Å². The normalized spacial score (nSPS) is 15.3. The van der Waals surface area contributed by atoms with Gasteiger partial charge in [-0.1, -0.05) is 0 Å². The molecule has 35 heavy (non-hydrogen) atoms. The number of halogens is 3. The SMILES string of the molecule is CN(c1ccc2c(c1)nc(C(F)(F)F)n2CC1CCOCC1)S(=O)(=O)c1ccc(NC(N)=O)cc1. The van der Waals surface area contributed by atoms with Crippen LogP contribution in [0.15, 0.2) is 47.4 Å². The lowest BCUT2D eigenvalue weighted by Gasteiger charge is -2.24. The third-order valence-electron chi connectivity index (χ3n) is 5.91. The number of hydrogen-bond donors (Lipinski definition) is 2. The summed E-state index contributed by atoms with van der Waals surface area (Å²) in [6.07, 6.45) is -3.35. The Kier molecular flexibility index (Phi) is 6.64. The number of aromatic nitrogens is 2. The standard InChI is InChI=1S/C22H24F3N5O4S/c1-29(35(32,33)17-5-2-15(3-6-17)27-21(26)31)16-4-7-19-18(12-16)28-20(22(23,24)25)30(19)13-14-8-10-34-11-9-14/h2-7,12,14H,8-11,13H2,1H3,(H3,26,27,31). The molecule has 1 aliphatic heterocycles. The molecule has 2 amide bonds. The van der Waals surface area contributed by atoms with E-state index in [1.54, 1.807) is 0 Å². The molecule has 1 saturated heterocycles. The van der Waals surface area contributed by atoms with Crippen molar-refractivity contribution in [1.82, 2.24) is 9.55 Å². The zero-order chi connectivity index (χ0) is 25.4. The number of alkyl halides is 3. The number of nitrogens with two attached hydrogens (primary N) is 1. The zero-order valence-electron chi connectivity index (χ0n) is 18.7. The molecule has 9 nitrogen and oxygen atoms in total. The maximum atomic E-state index is 13.8. The number of benzene rings is 2. The molecule has 1 fully saturated rings. The number of primary amides is 1. The fourth-order valence-electron chi connectivity index (χ4n) is 4.05. The summed E-state index contributed by atoms with van der Waals surface area (Å²) in [5.74, 6) is -0.990. The van der Waals surface area contributed by atoms with E-state index >= 15 is 0 Å². The van der Waals surface area contributed by atoms with Gasteiger partial charge in [-0.05, 0) is 61.2 Å². The van der Waals surface area contributed by atoms with Crippen molar-refractivity contribution in [1.29, 1.82) is 0 Å². The van der Waals surface area contributed by atoms with E-state index in [0.717, 1.165) is 8.87 Å². The van der Waals surface area contributed by atoms with Crippen LogP contribution >= 0.6 is 0 Å². The maximum Gasteiger partial charge on any atom is 0.449 e. The third kappa shape index (κ3) is 5.20. The Morgan fingerprint density at radius 2 is 1.86 bits per heavy atom. The molecule has 0 radical (unpaired) electrons. The van der Waals surface area contributed by atoms with Crippen LogP contribution < -0.4 is 15.4 Å². The summed E-state index contributed by atoms with van der Waals surface area (Å²) in [5, 5.41) is 2.33. The molecule has 13 heteroatoms. The molecule has 2 heterocycles. The molecule has 2 aromatic carbocycles. The molecule has 188 valence electrons. The molecule has 0 bridgehead atoms. The summed E-state index contributed by atoms with van der Waals surface area (Å²) in [6, 6.07) is 8.78. The largest absolute Gasteiger partial charge is 0.449 e. The predicted octanol–water partition coefficient (Wildman–Crippen LogP) is 3.80. The van der Waals surface area contributed by atoms with E-state index in [9.17, 15) is 26.4 Å². The maximum absolute atomic E-state index is 13.8. The Hall–Kier alpha value is -3.32. The number of fused-ring (bicyclic) bond motifs is 1. The number of sulfonamides is 1. The Bertz CT molecular complexity index is 1330. The quantitative estimate of drug-likeness (QED) is 0.522. The van der Waals surface area contributed by atoms with Gasteiger partial charge in [-0.3, -0.25) is 4.31 Å². The molecule has 3 N–H and O–H groups in total. The van der Waals surface area contributed by atoms with Gasteiger partial charge in [0.15, 0.2) is 0 Å². The number of urea groups is 1. The molecule has 1 aliphatic rings. The molecule has 0 unspecified atom stereocenters. The molecule has 0 atom stereocenters. The van der Waals surface area contributed by atoms with Gasteiger partial charge >= 0.3 is 12.2 Å². The van der Waals surface area contributed by atoms with Gasteiger partial charge in [-0.15, -0.1) is 0 Å². The number of nitrogens with one attached hydrogen (secondary N) is 1. The van der Waals surface area contributed by atoms with Crippen molar-refractivity contribution in [2.45, 2.75) is 30.5 Å². The summed E-state index contributed by atoms with van der Waals surface area (Å²) in [6.45, 7) is 1.16. The molecular formula is C22H24F3N5O4S. The van der Waals surface area contributed by atoms with Gasteiger partial charge in [0.2, 0.25) is 5.82 Å². The topological polar surface area (TPSA) is 120 Å². The summed E-state index contributed by atoms with van der Waals surface area (Å²) < 4.78 is 74.9. The number of amides is 2. The third-order valence-corrected chi connectivity index (χ3v) is 7.71. The monoisotopic (exact) mass is 511 g/mol. The van der Waals surface area contributed by atoms with Gasteiger partial charge < -0.3 is 20.4 Å². The number of hydrogen-bond acceptors (Lipinski definition) is 5. The smallest absolute Gasteiger partial charge is 0.381 e. The average molecular weight is 512 g/mol. The fourth-order valence-corrected chi connectivity index (χ4v) is 5.24. The van der Waals surface area contributed by atoms with Crippen molar-refractivity contribution < 1.29 is 31.1 Å². The second-order valence-electron chi connectivity index (χ2n) is 8.26. The van der Waals surface area contributed by atoms with Crippen LogP contribution in [-0.2, 0) is 27.5 Å². The molecule has 0 aliphatic carbocycles. The summed E-state index contributed by atoms with van der Waals surface area (Å²) in [5.41, 5.74) is 5.84. The van der Waals surface area contributed by atoms with Crippen LogP contribution in [0.4, 0.5) is 29.3 Å². The summed E-state index contributed by atoms with van der Waals surface area (Å²) in [4.78, 5) is 14.7. The highest BCUT2D eigenvalue weighted by Gasteiger charge is 2.38. The van der Waals surface area contributed by atoms with Crippen LogP contribution in [0, 0.1) is 5.92 Å². The van der Waals surface area contributed by atoms with E-state index < -0.39 is 28.1 Å². The van der Waals surface area contributed by atoms with Crippen molar-refractivity contribution in [3.63, 3.8) is 0 Å². The van der Waals surface area contributed by atoms with Gasteiger partial charge in [0.1, 0.15) is 0 Å². The average Bonchev–Trinajstić information content (AvgIpc) is 3.17. The molecular weight excluding hydrogens is 487 g/mol. The van der Waals surface area contributed by atoms with Gasteiger partial charge in [-0.2, -0.15) is 13.2 Å². The number of imidazole rings is 1. The Morgan fingerprint density at radius 3 is 2.46 bits per heavy atom. The van der Waals surface area contributed by atoms with Crippen molar-refractivity contribution >= 4 is 38.5 Å². The van der Waals surface area contributed by atoms with Gasteiger partial charge in [0, 0.05) is 32.5 Å². The molecule has 1 aromatic heterocycles. The number of anilines is 2. The molecule has 3 aromatic rings. The first-order valence-electron chi connectivity index (χ1n) is 10.8. The number of nitrogens with zero attached hydrogens (tertiary/aromatic N) is 3. The lowest BCUT2D eigenvalue weighted by atomic mass is 10.0. The first-order chi connectivity index (χ1) is 16.5. The van der Waals surface area contributed by atoms with Crippen LogP contribution in [0.1, 0.15) is 18.7 Å². The highest BCUT2D eigenvalue weighted by atomic mass is 32.2. The van der Waals surface area contributed by atoms with E-state index in [-0.39, 0.29) is 34.1 Å². The number of carbonyl (C=O) groups is 1. The summed E-state index contributed by atoms with van der Waals surface area (Å²) in [7, 11) is -2.74. The lowest BCUT2D eigenvalue weighted by molar-refractivity contribution is -0.147. The Balaban J connectivity index is 1.67. The van der Waals surface area contributed by atoms with Gasteiger partial charge in [0.25, 0.3) is 10.0 Å². The minimum Gasteiger partial charge on any atom is -0.381 e.